The van der Waals surface area contributed by atoms with Crippen molar-refractivity contribution in [2.45, 2.75) is 52.4 Å². The van der Waals surface area contributed by atoms with E-state index in [4.69, 9.17) is 0 Å². The van der Waals surface area contributed by atoms with Gasteiger partial charge in [-0.25, -0.2) is 0 Å². The largest absolute Gasteiger partial charge is 2.00 e. The van der Waals surface area contributed by atoms with E-state index >= 15 is 0 Å². The van der Waals surface area contributed by atoms with Crippen molar-refractivity contribution in [2.24, 2.45) is 0 Å². The summed E-state index contributed by atoms with van der Waals surface area (Å²) in [6.07, 6.45) is 1.15. The van der Waals surface area contributed by atoms with Crippen LogP contribution in [0.3, 0.4) is 0 Å². The summed E-state index contributed by atoms with van der Waals surface area (Å²) in [5.41, 5.74) is 3.93. The molecule has 2 aromatic carbocycles. The molecule has 0 N–H and O–H groups in total. The number of aryl methyl sites for hydroxylation is 2. The topological polar surface area (TPSA) is 80.3 Å². The summed E-state index contributed by atoms with van der Waals surface area (Å²) in [7, 11) is 0. The first-order chi connectivity index (χ1) is 12.3. The molecule has 27 heavy (non-hydrogen) atoms. The molecule has 0 spiro atoms. The van der Waals surface area contributed by atoms with Gasteiger partial charge in [0.2, 0.25) is 0 Å². The van der Waals surface area contributed by atoms with Crippen molar-refractivity contribution in [2.75, 3.05) is 0 Å². The van der Waals surface area contributed by atoms with Crippen LogP contribution < -0.4 is 10.2 Å². The molecule has 140 valence electrons. The summed E-state index contributed by atoms with van der Waals surface area (Å²) in [6, 6.07) is 15.1. The van der Waals surface area contributed by atoms with E-state index in [1.54, 1.807) is 0 Å². The van der Waals surface area contributed by atoms with E-state index in [0.717, 1.165) is 22.3 Å². The predicted octanol–water partition coefficient (Wildman–Crippen LogP) is 2.10. The van der Waals surface area contributed by atoms with Gasteiger partial charge in [0.1, 0.15) is 0 Å². The van der Waals surface area contributed by atoms with Crippen LogP contribution in [0.25, 0.3) is 0 Å². The normalized spacial score (nSPS) is 12.0. The Morgan fingerprint density at radius 1 is 0.704 bits per heavy atom. The number of carboxylic acids is 2. The fourth-order valence-corrected chi connectivity index (χ4v) is 2.67. The Morgan fingerprint density at radius 2 is 0.963 bits per heavy atom. The fraction of sp³-hybridized carbons (Fsp3) is 0.364. The average molecular weight is 379 g/mol. The Bertz CT molecular complexity index is 645. The van der Waals surface area contributed by atoms with Gasteiger partial charge in [-0.2, -0.15) is 0 Å². The minimum absolute atomic E-state index is 0. The number of aliphatic carboxylic acids is 2. The van der Waals surface area contributed by atoms with Crippen molar-refractivity contribution in [1.82, 2.24) is 0 Å². The van der Waals surface area contributed by atoms with E-state index < -0.39 is 23.8 Å². The van der Waals surface area contributed by atoms with E-state index in [9.17, 15) is 19.8 Å². The minimum atomic E-state index is -0.994. The molecule has 2 aromatic rings. The molecule has 0 aliphatic heterocycles. The zero-order valence-electron chi connectivity index (χ0n) is 16.5. The first kappa shape index (κ1) is 25.1. The molecular formula is C22H26MgO4. The zero-order valence-corrected chi connectivity index (χ0v) is 17.9. The van der Waals surface area contributed by atoms with Crippen molar-refractivity contribution in [3.63, 3.8) is 0 Å². The molecule has 0 aliphatic rings. The summed E-state index contributed by atoms with van der Waals surface area (Å²) in [5, 5.41) is 21.4. The Kier molecular flexibility index (Phi) is 11.7. The minimum Gasteiger partial charge on any atom is -0.549 e. The molecule has 0 aliphatic carbocycles. The van der Waals surface area contributed by atoms with Crippen LogP contribution in [-0.4, -0.2) is 35.0 Å². The van der Waals surface area contributed by atoms with E-state index in [0.29, 0.717) is 12.8 Å². The molecule has 5 heteroatoms. The van der Waals surface area contributed by atoms with Crippen LogP contribution in [0.5, 0.6) is 0 Å². The maximum atomic E-state index is 10.7. The molecule has 0 fully saturated rings. The van der Waals surface area contributed by atoms with Gasteiger partial charge in [-0.05, 0) is 37.8 Å². The van der Waals surface area contributed by atoms with Crippen molar-refractivity contribution >= 4 is 35.0 Å². The van der Waals surface area contributed by atoms with Gasteiger partial charge in [-0.3, -0.25) is 0 Å². The number of benzene rings is 2. The van der Waals surface area contributed by atoms with Crippen molar-refractivity contribution in [1.29, 1.82) is 0 Å². The van der Waals surface area contributed by atoms with E-state index in [-0.39, 0.29) is 23.1 Å². The second kappa shape index (κ2) is 12.5. The van der Waals surface area contributed by atoms with Gasteiger partial charge in [0.05, 0.1) is 0 Å². The van der Waals surface area contributed by atoms with Crippen LogP contribution in [0.1, 0.15) is 60.8 Å². The van der Waals surface area contributed by atoms with Gasteiger partial charge < -0.3 is 19.8 Å². The van der Waals surface area contributed by atoms with Gasteiger partial charge in [0.15, 0.2) is 0 Å². The number of carboxylic acid groups (broad SMARTS) is 2. The Balaban J connectivity index is 0.000000483. The maximum Gasteiger partial charge on any atom is 2.00 e. The van der Waals surface area contributed by atoms with Crippen molar-refractivity contribution in [3.8, 4) is 0 Å². The Hall–Kier alpha value is -1.85. The number of carbonyl (C=O) groups excluding carboxylic acids is 2. The predicted molar refractivity (Wildman–Crippen MR) is 104 cm³/mol. The standard InChI is InChI=1S/2C11H14O2.Mg/c2*1-3-10(11(12)13)9-6-4-8(2)5-7-9;/h2*4-7,10H,3H2,1-2H3,(H,12,13);/q;;+2/p-2. The third-order valence-electron chi connectivity index (χ3n) is 4.34. The second-order valence-electron chi connectivity index (χ2n) is 6.38. The zero-order chi connectivity index (χ0) is 19.7. The number of rotatable bonds is 6. The molecule has 0 aromatic heterocycles. The van der Waals surface area contributed by atoms with Gasteiger partial charge in [-0.1, -0.05) is 73.5 Å². The third-order valence-corrected chi connectivity index (χ3v) is 4.34. The van der Waals surface area contributed by atoms with Crippen LogP contribution in [-0.2, 0) is 9.59 Å². The fourth-order valence-electron chi connectivity index (χ4n) is 2.67. The van der Waals surface area contributed by atoms with Crippen LogP contribution >= 0.6 is 0 Å². The maximum absolute atomic E-state index is 10.7. The molecular weight excluding hydrogens is 353 g/mol. The Morgan fingerprint density at radius 3 is 1.15 bits per heavy atom. The van der Waals surface area contributed by atoms with Crippen LogP contribution in [0.2, 0.25) is 0 Å². The van der Waals surface area contributed by atoms with E-state index in [1.165, 1.54) is 0 Å². The number of carbonyl (C=O) groups is 2. The molecule has 2 unspecified atom stereocenters. The van der Waals surface area contributed by atoms with Gasteiger partial charge in [-0.15, -0.1) is 0 Å². The molecule has 0 heterocycles. The summed E-state index contributed by atoms with van der Waals surface area (Å²) in [5.74, 6) is -2.93. The summed E-state index contributed by atoms with van der Waals surface area (Å²) in [4.78, 5) is 21.4. The molecule has 0 radical (unpaired) electrons. The second-order valence-corrected chi connectivity index (χ2v) is 6.38. The first-order valence-corrected chi connectivity index (χ1v) is 8.84. The summed E-state index contributed by atoms with van der Waals surface area (Å²) >= 11 is 0. The van der Waals surface area contributed by atoms with E-state index in [1.807, 2.05) is 76.2 Å². The quantitative estimate of drug-likeness (QED) is 0.721. The molecule has 2 rings (SSSR count). The number of hydrogen-bond donors (Lipinski definition) is 0. The van der Waals surface area contributed by atoms with E-state index in [2.05, 4.69) is 0 Å². The Labute approximate surface area is 177 Å². The van der Waals surface area contributed by atoms with Gasteiger partial charge in [0, 0.05) is 23.8 Å². The molecule has 4 nitrogen and oxygen atoms in total. The van der Waals surface area contributed by atoms with Gasteiger partial charge >= 0.3 is 23.1 Å². The van der Waals surface area contributed by atoms with Crippen molar-refractivity contribution < 1.29 is 19.8 Å². The molecule has 0 amide bonds. The molecule has 2 atom stereocenters. The van der Waals surface area contributed by atoms with Crippen LogP contribution in [0.4, 0.5) is 0 Å². The monoisotopic (exact) mass is 378 g/mol. The molecule has 0 saturated heterocycles. The number of hydrogen-bond acceptors (Lipinski definition) is 4. The van der Waals surface area contributed by atoms with Crippen LogP contribution in [0, 0.1) is 13.8 Å². The molecule has 0 saturated carbocycles. The van der Waals surface area contributed by atoms with Crippen molar-refractivity contribution in [3.05, 3.63) is 70.8 Å². The third kappa shape index (κ3) is 8.14. The smallest absolute Gasteiger partial charge is 0.549 e. The summed E-state index contributed by atoms with van der Waals surface area (Å²) in [6.45, 7) is 7.65. The first-order valence-electron chi connectivity index (χ1n) is 8.84. The SMILES string of the molecule is CCC(C(=O)[O-])c1ccc(C)cc1.CCC(C(=O)[O-])c1ccc(C)cc1.[Mg+2]. The van der Waals surface area contributed by atoms with Gasteiger partial charge in [0.25, 0.3) is 0 Å². The summed E-state index contributed by atoms with van der Waals surface area (Å²) < 4.78 is 0. The van der Waals surface area contributed by atoms with Crippen LogP contribution in [0.15, 0.2) is 48.5 Å². The average Bonchev–Trinajstić information content (AvgIpc) is 2.59. The molecule has 0 bridgehead atoms.